The summed E-state index contributed by atoms with van der Waals surface area (Å²) in [6.07, 6.45) is -1.98. The standard InChI is InChI=1S/C25H24F3N5O4/c1-3-7-33(2)21-10-20(32-24(36)37)19(9-18(21)25(26,27)28)31-23(35)11-22(34)16-6-4-5-15(8-16)17-12-29-14-30-13-17/h4-6,8-10,12-14,32H,3,7,11H2,1-2H3,(H,31,35)(H,36,37). The fraction of sp³-hybridized carbons (Fsp3) is 0.240. The van der Waals surface area contributed by atoms with Gasteiger partial charge in [0.05, 0.1) is 29.0 Å². The van der Waals surface area contributed by atoms with E-state index < -0.39 is 41.6 Å². The lowest BCUT2D eigenvalue weighted by atomic mass is 10.0. The van der Waals surface area contributed by atoms with E-state index in [0.717, 1.165) is 6.07 Å². The molecule has 3 rings (SSSR count). The second-order valence-corrected chi connectivity index (χ2v) is 8.12. The number of nitrogens with one attached hydrogen (secondary N) is 2. The van der Waals surface area contributed by atoms with Gasteiger partial charge < -0.3 is 15.3 Å². The Labute approximate surface area is 210 Å². The van der Waals surface area contributed by atoms with Crippen molar-refractivity contribution in [2.75, 3.05) is 29.1 Å². The van der Waals surface area contributed by atoms with Gasteiger partial charge in [0.2, 0.25) is 5.91 Å². The molecule has 0 fully saturated rings. The average molecular weight is 515 g/mol. The molecule has 1 heterocycles. The van der Waals surface area contributed by atoms with Crippen molar-refractivity contribution in [1.29, 1.82) is 0 Å². The van der Waals surface area contributed by atoms with E-state index in [1.807, 2.05) is 5.32 Å². The molecule has 0 aliphatic heterocycles. The average Bonchev–Trinajstić information content (AvgIpc) is 2.84. The van der Waals surface area contributed by atoms with Crippen molar-refractivity contribution in [2.24, 2.45) is 0 Å². The van der Waals surface area contributed by atoms with Crippen LogP contribution in [0.4, 0.5) is 35.0 Å². The van der Waals surface area contributed by atoms with Gasteiger partial charge in [0, 0.05) is 37.1 Å². The minimum Gasteiger partial charge on any atom is -0.465 e. The molecule has 0 saturated heterocycles. The number of halogens is 3. The second kappa shape index (κ2) is 11.5. The largest absolute Gasteiger partial charge is 0.465 e. The fourth-order valence-corrected chi connectivity index (χ4v) is 3.67. The maximum absolute atomic E-state index is 13.8. The van der Waals surface area contributed by atoms with Crippen LogP contribution in [0.2, 0.25) is 0 Å². The third-order valence-corrected chi connectivity index (χ3v) is 5.33. The summed E-state index contributed by atoms with van der Waals surface area (Å²) in [5.41, 5.74) is -0.498. The zero-order valence-electron chi connectivity index (χ0n) is 20.0. The number of Topliss-reactive ketones (excluding diaryl/α,β-unsaturated/α-hetero) is 1. The highest BCUT2D eigenvalue weighted by Crippen LogP contribution is 2.41. The van der Waals surface area contributed by atoms with Crippen LogP contribution in [-0.2, 0) is 11.0 Å². The number of aromatic nitrogens is 2. The third kappa shape index (κ3) is 7.03. The molecule has 0 saturated carbocycles. The number of carbonyl (C=O) groups excluding carboxylic acids is 2. The lowest BCUT2D eigenvalue weighted by molar-refractivity contribution is -0.137. The second-order valence-electron chi connectivity index (χ2n) is 8.12. The molecule has 1 aromatic heterocycles. The molecule has 9 nitrogen and oxygen atoms in total. The van der Waals surface area contributed by atoms with Gasteiger partial charge in [0.1, 0.15) is 6.33 Å². The molecule has 0 aliphatic carbocycles. The van der Waals surface area contributed by atoms with Gasteiger partial charge in [-0.1, -0.05) is 25.1 Å². The highest BCUT2D eigenvalue weighted by Gasteiger charge is 2.36. The summed E-state index contributed by atoms with van der Waals surface area (Å²) in [6, 6.07) is 8.06. The molecule has 0 radical (unpaired) electrons. The molecule has 2 aromatic carbocycles. The van der Waals surface area contributed by atoms with Gasteiger partial charge in [-0.3, -0.25) is 14.9 Å². The first kappa shape index (κ1) is 27.1. The molecule has 2 amide bonds. The number of carbonyl (C=O) groups is 3. The van der Waals surface area contributed by atoms with E-state index in [1.165, 1.54) is 24.3 Å². The number of alkyl halides is 3. The van der Waals surface area contributed by atoms with Crippen LogP contribution in [0.15, 0.2) is 55.1 Å². The third-order valence-electron chi connectivity index (χ3n) is 5.33. The Morgan fingerprint density at radius 3 is 2.30 bits per heavy atom. The molecule has 0 atom stereocenters. The lowest BCUT2D eigenvalue weighted by Crippen LogP contribution is -2.24. The first-order valence-corrected chi connectivity index (χ1v) is 11.1. The summed E-state index contributed by atoms with van der Waals surface area (Å²) in [5, 5.41) is 13.4. The number of rotatable bonds is 9. The number of amides is 2. The number of hydrogen-bond acceptors (Lipinski definition) is 6. The molecule has 0 unspecified atom stereocenters. The summed E-state index contributed by atoms with van der Waals surface area (Å²) >= 11 is 0. The van der Waals surface area contributed by atoms with E-state index in [4.69, 9.17) is 0 Å². The Balaban J connectivity index is 1.88. The minimum atomic E-state index is -4.78. The number of anilines is 3. The Morgan fingerprint density at radius 2 is 1.68 bits per heavy atom. The van der Waals surface area contributed by atoms with Crippen molar-refractivity contribution < 1.29 is 32.7 Å². The Bertz CT molecular complexity index is 1300. The van der Waals surface area contributed by atoms with Crippen LogP contribution in [0, 0.1) is 0 Å². The van der Waals surface area contributed by atoms with Gasteiger partial charge in [-0.25, -0.2) is 14.8 Å². The van der Waals surface area contributed by atoms with Gasteiger partial charge in [0.15, 0.2) is 5.78 Å². The zero-order chi connectivity index (χ0) is 27.2. The Kier molecular flexibility index (Phi) is 8.43. The molecule has 3 N–H and O–H groups in total. The topological polar surface area (TPSA) is 125 Å². The van der Waals surface area contributed by atoms with Crippen LogP contribution in [0.3, 0.4) is 0 Å². The first-order chi connectivity index (χ1) is 17.5. The van der Waals surface area contributed by atoms with E-state index >= 15 is 0 Å². The van der Waals surface area contributed by atoms with Gasteiger partial charge in [-0.15, -0.1) is 0 Å². The summed E-state index contributed by atoms with van der Waals surface area (Å²) in [6.45, 7) is 2.07. The van der Waals surface area contributed by atoms with Crippen molar-refractivity contribution >= 4 is 34.8 Å². The van der Waals surface area contributed by atoms with E-state index in [-0.39, 0.29) is 23.5 Å². The van der Waals surface area contributed by atoms with Crippen molar-refractivity contribution in [3.05, 3.63) is 66.2 Å². The molecule has 0 aliphatic rings. The number of nitrogens with zero attached hydrogens (tertiary/aromatic N) is 3. The van der Waals surface area contributed by atoms with E-state index in [1.54, 1.807) is 37.5 Å². The van der Waals surface area contributed by atoms with Gasteiger partial charge >= 0.3 is 12.3 Å². The van der Waals surface area contributed by atoms with Crippen LogP contribution in [0.5, 0.6) is 0 Å². The summed E-state index contributed by atoms with van der Waals surface area (Å²) in [7, 11) is 1.45. The van der Waals surface area contributed by atoms with E-state index in [0.29, 0.717) is 23.6 Å². The number of benzene rings is 2. The van der Waals surface area contributed by atoms with E-state index in [9.17, 15) is 32.7 Å². The zero-order valence-corrected chi connectivity index (χ0v) is 20.0. The SMILES string of the molecule is CCCN(C)c1cc(NC(=O)O)c(NC(=O)CC(=O)c2cccc(-c3cncnc3)c2)cc1C(F)(F)F. The highest BCUT2D eigenvalue weighted by molar-refractivity contribution is 6.12. The minimum absolute atomic E-state index is 0.202. The molecule has 37 heavy (non-hydrogen) atoms. The summed E-state index contributed by atoms with van der Waals surface area (Å²) in [5.74, 6) is -1.49. The number of hydrogen-bond donors (Lipinski definition) is 3. The predicted octanol–water partition coefficient (Wildman–Crippen LogP) is 5.31. The molecule has 194 valence electrons. The maximum Gasteiger partial charge on any atom is 0.418 e. The molecule has 3 aromatic rings. The summed E-state index contributed by atoms with van der Waals surface area (Å²) in [4.78, 5) is 45.9. The van der Waals surface area contributed by atoms with Crippen LogP contribution >= 0.6 is 0 Å². The lowest BCUT2D eigenvalue weighted by Gasteiger charge is -2.25. The van der Waals surface area contributed by atoms with Crippen molar-refractivity contribution in [3.8, 4) is 11.1 Å². The predicted molar refractivity (Wildman–Crippen MR) is 132 cm³/mol. The Hall–Kier alpha value is -4.48. The quantitative estimate of drug-likeness (QED) is 0.261. The summed E-state index contributed by atoms with van der Waals surface area (Å²) < 4.78 is 41.5. The monoisotopic (exact) mass is 515 g/mol. The van der Waals surface area contributed by atoms with Gasteiger partial charge in [0.25, 0.3) is 0 Å². The molecule has 12 heteroatoms. The van der Waals surface area contributed by atoms with Gasteiger partial charge in [-0.2, -0.15) is 13.2 Å². The van der Waals surface area contributed by atoms with Crippen molar-refractivity contribution in [2.45, 2.75) is 25.9 Å². The van der Waals surface area contributed by atoms with Crippen molar-refractivity contribution in [3.63, 3.8) is 0 Å². The first-order valence-electron chi connectivity index (χ1n) is 11.1. The van der Waals surface area contributed by atoms with E-state index in [2.05, 4.69) is 15.3 Å². The molecular weight excluding hydrogens is 491 g/mol. The molecule has 0 spiro atoms. The van der Waals surface area contributed by atoms with Crippen LogP contribution in [0.25, 0.3) is 11.1 Å². The Morgan fingerprint density at radius 1 is 1.00 bits per heavy atom. The smallest absolute Gasteiger partial charge is 0.418 e. The van der Waals surface area contributed by atoms with Gasteiger partial charge in [-0.05, 0) is 30.2 Å². The fourth-order valence-electron chi connectivity index (χ4n) is 3.67. The number of carboxylic acid groups (broad SMARTS) is 1. The highest BCUT2D eigenvalue weighted by atomic mass is 19.4. The van der Waals surface area contributed by atoms with Crippen molar-refractivity contribution in [1.82, 2.24) is 9.97 Å². The molecule has 0 bridgehead atoms. The maximum atomic E-state index is 13.8. The van der Waals surface area contributed by atoms with Crippen LogP contribution in [-0.4, -0.2) is 46.5 Å². The number of ketones is 1. The molecular formula is C25H24F3N5O4. The van der Waals surface area contributed by atoms with Crippen LogP contribution in [0.1, 0.15) is 35.7 Å². The normalized spacial score (nSPS) is 11.1. The van der Waals surface area contributed by atoms with Crippen LogP contribution < -0.4 is 15.5 Å².